The maximum absolute atomic E-state index is 15.0. The highest BCUT2D eigenvalue weighted by molar-refractivity contribution is 5.93. The van der Waals surface area contributed by atoms with Gasteiger partial charge < -0.3 is 25.0 Å². The summed E-state index contributed by atoms with van der Waals surface area (Å²) in [7, 11) is 0. The van der Waals surface area contributed by atoms with Gasteiger partial charge in [-0.2, -0.15) is 0 Å². The number of carboxylic acid groups (broad SMARTS) is 1. The first kappa shape index (κ1) is 19.8. The van der Waals surface area contributed by atoms with E-state index in [-0.39, 0.29) is 17.0 Å². The van der Waals surface area contributed by atoms with Crippen molar-refractivity contribution >= 4 is 22.6 Å². The van der Waals surface area contributed by atoms with Crippen LogP contribution >= 0.6 is 0 Å². The van der Waals surface area contributed by atoms with Gasteiger partial charge in [-0.3, -0.25) is 4.79 Å². The Kier molecular flexibility index (Phi) is 5.08. The van der Waals surface area contributed by atoms with E-state index in [1.165, 1.54) is 6.20 Å². The van der Waals surface area contributed by atoms with Crippen molar-refractivity contribution in [2.24, 2.45) is 0 Å². The molecule has 7 nitrogen and oxygen atoms in total. The normalized spacial score (nSPS) is 22.2. The van der Waals surface area contributed by atoms with Gasteiger partial charge >= 0.3 is 5.97 Å². The molecule has 1 saturated heterocycles. The summed E-state index contributed by atoms with van der Waals surface area (Å²) in [6.07, 6.45) is 4.54. The predicted molar refractivity (Wildman–Crippen MR) is 108 cm³/mol. The summed E-state index contributed by atoms with van der Waals surface area (Å²) in [5, 5.41) is 23.5. The monoisotopic (exact) mass is 403 g/mol. The number of pyridine rings is 1. The molecule has 1 atom stereocenters. The van der Waals surface area contributed by atoms with Crippen molar-refractivity contribution in [1.29, 1.82) is 0 Å². The van der Waals surface area contributed by atoms with Crippen molar-refractivity contribution in [1.82, 2.24) is 9.88 Å². The maximum Gasteiger partial charge on any atom is 0.341 e. The zero-order valence-corrected chi connectivity index (χ0v) is 16.4. The van der Waals surface area contributed by atoms with Crippen LogP contribution in [0.3, 0.4) is 0 Å². The van der Waals surface area contributed by atoms with Crippen LogP contribution in [-0.4, -0.2) is 52.5 Å². The molecule has 0 amide bonds. The molecule has 4 rings (SSSR count). The minimum atomic E-state index is -1.31. The minimum absolute atomic E-state index is 0.0815. The lowest BCUT2D eigenvalue weighted by molar-refractivity contribution is 0.0267. The Morgan fingerprint density at radius 3 is 2.79 bits per heavy atom. The van der Waals surface area contributed by atoms with Crippen LogP contribution in [0.5, 0.6) is 0 Å². The standard InChI is InChI=1S/C21H26FN3O4/c1-2-23-11-21(29)6-3-7-24(12-21)18-9-17-14(8-16(18)22)19(26)15(20(27)28)10-25(17)13-4-5-13/h8-10,13,23,29H,2-7,11-12H2,1H3,(H,27,28). The number of hydrogen-bond donors (Lipinski definition) is 3. The molecule has 8 heteroatoms. The van der Waals surface area contributed by atoms with Crippen LogP contribution in [0.1, 0.15) is 49.0 Å². The van der Waals surface area contributed by atoms with E-state index in [1.807, 2.05) is 11.8 Å². The van der Waals surface area contributed by atoms with Gasteiger partial charge in [0.25, 0.3) is 0 Å². The van der Waals surface area contributed by atoms with Gasteiger partial charge in [0.15, 0.2) is 0 Å². The summed E-state index contributed by atoms with van der Waals surface area (Å²) in [5.74, 6) is -1.88. The molecule has 2 aliphatic rings. The van der Waals surface area contributed by atoms with Crippen LogP contribution in [0.4, 0.5) is 10.1 Å². The summed E-state index contributed by atoms with van der Waals surface area (Å²) >= 11 is 0. The lowest BCUT2D eigenvalue weighted by atomic mass is 9.92. The molecule has 3 N–H and O–H groups in total. The Morgan fingerprint density at radius 2 is 2.14 bits per heavy atom. The minimum Gasteiger partial charge on any atom is -0.477 e. The summed E-state index contributed by atoms with van der Waals surface area (Å²) in [5.41, 5.74) is -1.07. The number of β-amino-alcohol motifs (C(OH)–C–C–N with tert-alkyl or cyclic N) is 1. The molecule has 1 saturated carbocycles. The van der Waals surface area contributed by atoms with Gasteiger partial charge in [-0.05, 0) is 44.4 Å². The first-order valence-electron chi connectivity index (χ1n) is 10.1. The topological polar surface area (TPSA) is 94.8 Å². The Labute approximate surface area is 167 Å². The zero-order chi connectivity index (χ0) is 20.8. The van der Waals surface area contributed by atoms with E-state index in [2.05, 4.69) is 5.32 Å². The Balaban J connectivity index is 1.79. The van der Waals surface area contributed by atoms with Crippen LogP contribution in [0.25, 0.3) is 10.9 Å². The third-order valence-electron chi connectivity index (χ3n) is 5.87. The van der Waals surface area contributed by atoms with Gasteiger partial charge in [-0.15, -0.1) is 0 Å². The van der Waals surface area contributed by atoms with Crippen molar-refractivity contribution in [3.63, 3.8) is 0 Å². The highest BCUT2D eigenvalue weighted by atomic mass is 19.1. The number of nitrogens with zero attached hydrogens (tertiary/aromatic N) is 2. The number of halogens is 1. The van der Waals surface area contributed by atoms with Gasteiger partial charge in [0, 0.05) is 37.3 Å². The molecule has 1 aliphatic carbocycles. The fourth-order valence-corrected chi connectivity index (χ4v) is 4.23. The number of aromatic nitrogens is 1. The molecule has 1 aromatic heterocycles. The average molecular weight is 403 g/mol. The van der Waals surface area contributed by atoms with Gasteiger partial charge in [-0.25, -0.2) is 9.18 Å². The fourth-order valence-electron chi connectivity index (χ4n) is 4.23. The summed E-state index contributed by atoms with van der Waals surface area (Å²) in [6.45, 7) is 4.05. The van der Waals surface area contributed by atoms with E-state index < -0.39 is 22.8 Å². The Hall–Kier alpha value is -2.45. The number of anilines is 1. The highest BCUT2D eigenvalue weighted by Gasteiger charge is 2.34. The number of rotatable bonds is 6. The number of benzene rings is 1. The maximum atomic E-state index is 15.0. The number of aromatic carboxylic acids is 1. The lowest BCUT2D eigenvalue weighted by Gasteiger charge is -2.40. The Bertz CT molecular complexity index is 1020. The van der Waals surface area contributed by atoms with Gasteiger partial charge in [0.2, 0.25) is 5.43 Å². The van der Waals surface area contributed by atoms with E-state index >= 15 is 4.39 Å². The third kappa shape index (κ3) is 3.74. The first-order chi connectivity index (χ1) is 13.8. The number of carbonyl (C=O) groups is 1. The zero-order valence-electron chi connectivity index (χ0n) is 16.4. The number of likely N-dealkylation sites (N-methyl/N-ethyl adjacent to an activating group) is 1. The predicted octanol–water partition coefficient (Wildman–Crippen LogP) is 2.11. The number of aliphatic hydroxyl groups is 1. The van der Waals surface area contributed by atoms with Crippen molar-refractivity contribution in [3.8, 4) is 0 Å². The van der Waals surface area contributed by atoms with E-state index in [1.54, 1.807) is 10.6 Å². The van der Waals surface area contributed by atoms with Gasteiger partial charge in [-0.1, -0.05) is 6.92 Å². The summed E-state index contributed by atoms with van der Waals surface area (Å²) in [6, 6.07) is 2.91. The number of fused-ring (bicyclic) bond motifs is 1. The van der Waals surface area contributed by atoms with Gasteiger partial charge in [0.05, 0.1) is 16.8 Å². The molecule has 2 fully saturated rings. The fraction of sp³-hybridized carbons (Fsp3) is 0.524. The largest absolute Gasteiger partial charge is 0.477 e. The molecule has 2 heterocycles. The van der Waals surface area contributed by atoms with Gasteiger partial charge in [0.1, 0.15) is 11.4 Å². The second-order valence-corrected chi connectivity index (χ2v) is 8.17. The number of hydrogen-bond acceptors (Lipinski definition) is 5. The van der Waals surface area contributed by atoms with Crippen molar-refractivity contribution in [2.75, 3.05) is 31.1 Å². The van der Waals surface area contributed by atoms with Crippen LogP contribution < -0.4 is 15.6 Å². The second-order valence-electron chi connectivity index (χ2n) is 8.17. The second kappa shape index (κ2) is 7.42. The van der Waals surface area contributed by atoms with Crippen molar-refractivity contribution in [2.45, 2.75) is 44.2 Å². The number of nitrogens with one attached hydrogen (secondary N) is 1. The quantitative estimate of drug-likeness (QED) is 0.684. The highest BCUT2D eigenvalue weighted by Crippen LogP contribution is 2.38. The van der Waals surface area contributed by atoms with Crippen LogP contribution in [0.15, 0.2) is 23.1 Å². The summed E-state index contributed by atoms with van der Waals surface area (Å²) < 4.78 is 16.8. The van der Waals surface area contributed by atoms with Crippen LogP contribution in [0.2, 0.25) is 0 Å². The molecular formula is C21H26FN3O4. The lowest BCUT2D eigenvalue weighted by Crippen LogP contribution is -2.53. The van der Waals surface area contributed by atoms with E-state index in [4.69, 9.17) is 0 Å². The van der Waals surface area contributed by atoms with E-state index in [0.29, 0.717) is 37.3 Å². The average Bonchev–Trinajstić information content (AvgIpc) is 3.51. The van der Waals surface area contributed by atoms with Crippen molar-refractivity contribution < 1.29 is 19.4 Å². The molecule has 156 valence electrons. The Morgan fingerprint density at radius 1 is 1.38 bits per heavy atom. The molecule has 0 spiro atoms. The number of carboxylic acids is 1. The van der Waals surface area contributed by atoms with E-state index in [0.717, 1.165) is 31.9 Å². The molecule has 1 unspecified atom stereocenters. The summed E-state index contributed by atoms with van der Waals surface area (Å²) in [4.78, 5) is 25.9. The molecule has 1 aliphatic heterocycles. The molecule has 2 aromatic rings. The van der Waals surface area contributed by atoms with E-state index in [9.17, 15) is 19.8 Å². The molecule has 1 aromatic carbocycles. The third-order valence-corrected chi connectivity index (χ3v) is 5.87. The van der Waals surface area contributed by atoms with Crippen LogP contribution in [-0.2, 0) is 0 Å². The number of piperidine rings is 1. The molecule has 29 heavy (non-hydrogen) atoms. The molecular weight excluding hydrogens is 377 g/mol. The smallest absolute Gasteiger partial charge is 0.341 e. The van der Waals surface area contributed by atoms with Crippen LogP contribution in [0, 0.1) is 5.82 Å². The SMILES string of the molecule is CCNCC1(O)CCCN(c2cc3c(cc2F)c(=O)c(C(=O)O)cn3C2CC2)C1. The van der Waals surface area contributed by atoms with Crippen molar-refractivity contribution in [3.05, 3.63) is 39.9 Å². The molecule has 0 radical (unpaired) electrons. The first-order valence-corrected chi connectivity index (χ1v) is 10.1. The molecule has 0 bridgehead atoms.